The minimum Gasteiger partial charge on any atom is -0.469 e. The summed E-state index contributed by atoms with van der Waals surface area (Å²) in [5.74, 6) is -1.40. The van der Waals surface area contributed by atoms with Crippen LogP contribution in [0.2, 0.25) is 0 Å². The van der Waals surface area contributed by atoms with Gasteiger partial charge in [0.25, 0.3) is 5.91 Å². The SMILES string of the molecule is COC(=O)CC(CC(=O)OC)NC(=O)c1ccc(Br)cc1. The van der Waals surface area contributed by atoms with Crippen molar-refractivity contribution in [3.63, 3.8) is 0 Å². The van der Waals surface area contributed by atoms with E-state index in [1.54, 1.807) is 24.3 Å². The summed E-state index contributed by atoms with van der Waals surface area (Å²) in [6.45, 7) is 0. The highest BCUT2D eigenvalue weighted by Gasteiger charge is 2.21. The van der Waals surface area contributed by atoms with Crippen LogP contribution in [-0.2, 0) is 19.1 Å². The standard InChI is InChI=1S/C14H16BrNO5/c1-20-12(17)7-11(8-13(18)21-2)16-14(19)9-3-5-10(15)6-4-9/h3-6,11H,7-8H2,1-2H3,(H,16,19). The first-order chi connectivity index (χ1) is 9.96. The predicted molar refractivity (Wildman–Crippen MR) is 78.7 cm³/mol. The molecule has 114 valence electrons. The molecular formula is C14H16BrNO5. The normalized spacial score (nSPS) is 10.1. The first-order valence-corrected chi connectivity index (χ1v) is 6.95. The fraction of sp³-hybridized carbons (Fsp3) is 0.357. The summed E-state index contributed by atoms with van der Waals surface area (Å²) >= 11 is 3.28. The molecule has 1 N–H and O–H groups in total. The van der Waals surface area contributed by atoms with Crippen molar-refractivity contribution in [1.82, 2.24) is 5.32 Å². The molecule has 1 amide bonds. The number of methoxy groups -OCH3 is 2. The van der Waals surface area contributed by atoms with Gasteiger partial charge in [-0.25, -0.2) is 0 Å². The van der Waals surface area contributed by atoms with E-state index in [-0.39, 0.29) is 18.7 Å². The Hall–Kier alpha value is -1.89. The Morgan fingerprint density at radius 1 is 1.05 bits per heavy atom. The minimum atomic E-state index is -0.680. The smallest absolute Gasteiger partial charge is 0.307 e. The summed E-state index contributed by atoms with van der Waals surface area (Å²) in [6, 6.07) is 6.04. The molecule has 0 aliphatic heterocycles. The lowest BCUT2D eigenvalue weighted by Crippen LogP contribution is -2.38. The third kappa shape index (κ3) is 5.95. The average Bonchev–Trinajstić information content (AvgIpc) is 2.47. The maximum atomic E-state index is 12.1. The third-order valence-corrected chi connectivity index (χ3v) is 3.25. The second-order valence-corrected chi connectivity index (χ2v) is 5.15. The zero-order chi connectivity index (χ0) is 15.8. The molecule has 0 saturated carbocycles. The molecule has 21 heavy (non-hydrogen) atoms. The largest absolute Gasteiger partial charge is 0.469 e. The molecule has 0 atom stereocenters. The molecule has 0 radical (unpaired) electrons. The van der Waals surface area contributed by atoms with Crippen LogP contribution in [-0.4, -0.2) is 38.1 Å². The number of halogens is 1. The number of nitrogens with one attached hydrogen (secondary N) is 1. The summed E-state index contributed by atoms with van der Waals surface area (Å²) in [4.78, 5) is 34.7. The zero-order valence-electron chi connectivity index (χ0n) is 11.7. The molecule has 0 fully saturated rings. The van der Waals surface area contributed by atoms with Gasteiger partial charge in [0, 0.05) is 10.0 Å². The van der Waals surface area contributed by atoms with Gasteiger partial charge in [0.2, 0.25) is 0 Å². The van der Waals surface area contributed by atoms with Crippen LogP contribution < -0.4 is 5.32 Å². The highest BCUT2D eigenvalue weighted by atomic mass is 79.9. The fourth-order valence-corrected chi connectivity index (χ4v) is 1.88. The van der Waals surface area contributed by atoms with Crippen molar-refractivity contribution < 1.29 is 23.9 Å². The summed E-state index contributed by atoms with van der Waals surface area (Å²) in [5, 5.41) is 2.63. The van der Waals surface area contributed by atoms with Crippen LogP contribution in [0.5, 0.6) is 0 Å². The van der Waals surface area contributed by atoms with Gasteiger partial charge < -0.3 is 14.8 Å². The van der Waals surface area contributed by atoms with Crippen molar-refractivity contribution >= 4 is 33.8 Å². The molecule has 0 aromatic heterocycles. The molecule has 1 aromatic rings. The molecular weight excluding hydrogens is 342 g/mol. The molecule has 0 aliphatic carbocycles. The summed E-state index contributed by atoms with van der Waals surface area (Å²) in [7, 11) is 2.49. The Balaban J connectivity index is 2.74. The Labute approximate surface area is 130 Å². The average molecular weight is 358 g/mol. The number of rotatable bonds is 6. The Morgan fingerprint density at radius 2 is 1.52 bits per heavy atom. The lowest BCUT2D eigenvalue weighted by molar-refractivity contribution is -0.143. The molecule has 0 saturated heterocycles. The molecule has 0 spiro atoms. The number of hydrogen-bond donors (Lipinski definition) is 1. The van der Waals surface area contributed by atoms with E-state index in [0.29, 0.717) is 5.56 Å². The maximum Gasteiger partial charge on any atom is 0.307 e. The van der Waals surface area contributed by atoms with Crippen LogP contribution in [0.4, 0.5) is 0 Å². The van der Waals surface area contributed by atoms with Crippen molar-refractivity contribution in [2.75, 3.05) is 14.2 Å². The number of carbonyl (C=O) groups excluding carboxylic acids is 3. The molecule has 6 nitrogen and oxygen atoms in total. The molecule has 0 heterocycles. The van der Waals surface area contributed by atoms with Gasteiger partial charge in [-0.2, -0.15) is 0 Å². The lowest BCUT2D eigenvalue weighted by atomic mass is 10.1. The van der Waals surface area contributed by atoms with E-state index in [9.17, 15) is 14.4 Å². The van der Waals surface area contributed by atoms with E-state index in [1.807, 2.05) is 0 Å². The van der Waals surface area contributed by atoms with Crippen LogP contribution in [0.25, 0.3) is 0 Å². The van der Waals surface area contributed by atoms with E-state index in [1.165, 1.54) is 14.2 Å². The molecule has 1 aromatic carbocycles. The summed E-state index contributed by atoms with van der Waals surface area (Å²) in [5.41, 5.74) is 0.429. The van der Waals surface area contributed by atoms with E-state index < -0.39 is 18.0 Å². The van der Waals surface area contributed by atoms with Gasteiger partial charge in [-0.3, -0.25) is 14.4 Å². The van der Waals surface area contributed by atoms with Gasteiger partial charge in [-0.05, 0) is 24.3 Å². The summed E-state index contributed by atoms with van der Waals surface area (Å²) in [6.07, 6.45) is -0.207. The lowest BCUT2D eigenvalue weighted by Gasteiger charge is -2.16. The first kappa shape index (κ1) is 17.2. The third-order valence-electron chi connectivity index (χ3n) is 2.72. The van der Waals surface area contributed by atoms with Gasteiger partial charge in [-0.15, -0.1) is 0 Å². The second-order valence-electron chi connectivity index (χ2n) is 4.24. The topological polar surface area (TPSA) is 81.7 Å². The fourth-order valence-electron chi connectivity index (χ4n) is 1.61. The zero-order valence-corrected chi connectivity index (χ0v) is 13.3. The first-order valence-electron chi connectivity index (χ1n) is 6.16. The highest BCUT2D eigenvalue weighted by Crippen LogP contribution is 2.11. The van der Waals surface area contributed by atoms with Crippen molar-refractivity contribution in [3.05, 3.63) is 34.3 Å². The molecule has 0 aliphatic rings. The van der Waals surface area contributed by atoms with Gasteiger partial charge in [0.1, 0.15) is 0 Å². The summed E-state index contributed by atoms with van der Waals surface area (Å²) < 4.78 is 9.95. The molecule has 0 unspecified atom stereocenters. The monoisotopic (exact) mass is 357 g/mol. The van der Waals surface area contributed by atoms with E-state index in [4.69, 9.17) is 0 Å². The van der Waals surface area contributed by atoms with Crippen molar-refractivity contribution in [2.24, 2.45) is 0 Å². The Bertz CT molecular complexity index is 497. The quantitative estimate of drug-likeness (QED) is 0.783. The van der Waals surface area contributed by atoms with E-state index in [2.05, 4.69) is 30.7 Å². The number of carbonyl (C=O) groups is 3. The van der Waals surface area contributed by atoms with Crippen molar-refractivity contribution in [2.45, 2.75) is 18.9 Å². The molecule has 1 rings (SSSR count). The van der Waals surface area contributed by atoms with Crippen LogP contribution >= 0.6 is 15.9 Å². The van der Waals surface area contributed by atoms with Gasteiger partial charge in [0.15, 0.2) is 0 Å². The van der Waals surface area contributed by atoms with Crippen LogP contribution in [0.3, 0.4) is 0 Å². The van der Waals surface area contributed by atoms with Crippen molar-refractivity contribution in [3.8, 4) is 0 Å². The van der Waals surface area contributed by atoms with Crippen LogP contribution in [0, 0.1) is 0 Å². The highest BCUT2D eigenvalue weighted by molar-refractivity contribution is 9.10. The molecule has 0 bridgehead atoms. The number of hydrogen-bond acceptors (Lipinski definition) is 5. The molecule has 7 heteroatoms. The number of esters is 2. The van der Waals surface area contributed by atoms with Crippen LogP contribution in [0.1, 0.15) is 23.2 Å². The number of benzene rings is 1. The van der Waals surface area contributed by atoms with E-state index >= 15 is 0 Å². The van der Waals surface area contributed by atoms with Gasteiger partial charge in [-0.1, -0.05) is 15.9 Å². The van der Waals surface area contributed by atoms with Crippen molar-refractivity contribution in [1.29, 1.82) is 0 Å². The van der Waals surface area contributed by atoms with E-state index in [0.717, 1.165) is 4.47 Å². The Morgan fingerprint density at radius 3 is 1.95 bits per heavy atom. The second kappa shape index (κ2) is 8.41. The maximum absolute atomic E-state index is 12.1. The number of ether oxygens (including phenoxy) is 2. The van der Waals surface area contributed by atoms with Gasteiger partial charge >= 0.3 is 11.9 Å². The van der Waals surface area contributed by atoms with Crippen LogP contribution in [0.15, 0.2) is 28.7 Å². The predicted octanol–water partition coefficient (Wildman–Crippen LogP) is 1.67. The number of amides is 1. The minimum absolute atomic E-state index is 0.103. The Kier molecular flexibility index (Phi) is 6.87. The van der Waals surface area contributed by atoms with Gasteiger partial charge in [0.05, 0.1) is 33.1 Å².